The Labute approximate surface area is 177 Å². The third-order valence-corrected chi connectivity index (χ3v) is 5.21. The fourth-order valence-electron chi connectivity index (χ4n) is 3.06. The molecule has 0 unspecified atom stereocenters. The molecule has 1 amide bonds. The lowest BCUT2D eigenvalue weighted by Crippen LogP contribution is -2.13. The molecule has 0 aliphatic carbocycles. The fourth-order valence-corrected chi connectivity index (χ4v) is 3.93. The lowest BCUT2D eigenvalue weighted by molar-refractivity contribution is 0.102. The molecule has 0 radical (unpaired) electrons. The van der Waals surface area contributed by atoms with Gasteiger partial charge in [0.1, 0.15) is 0 Å². The smallest absolute Gasteiger partial charge is 0.257 e. The number of hydrogen-bond acceptors (Lipinski definition) is 8. The quantitative estimate of drug-likeness (QED) is 0.564. The zero-order chi connectivity index (χ0) is 21.1. The van der Waals surface area contributed by atoms with Crippen LogP contribution in [0.5, 0.6) is 28.7 Å². The van der Waals surface area contributed by atoms with Crippen LogP contribution in [0.25, 0.3) is 10.2 Å². The first-order valence-electron chi connectivity index (χ1n) is 9.70. The first kappa shape index (κ1) is 20.1. The Morgan fingerprint density at radius 1 is 1.00 bits per heavy atom. The molecule has 158 valence electrons. The molecule has 9 heteroatoms. The first-order chi connectivity index (χ1) is 14.6. The summed E-state index contributed by atoms with van der Waals surface area (Å²) in [4.78, 5) is 17.4. The molecule has 4 rings (SSSR count). The molecule has 30 heavy (non-hydrogen) atoms. The predicted molar refractivity (Wildman–Crippen MR) is 114 cm³/mol. The van der Waals surface area contributed by atoms with Crippen molar-refractivity contribution in [2.24, 2.45) is 0 Å². The fraction of sp³-hybridized carbons (Fsp3) is 0.333. The molecule has 2 heterocycles. The average Bonchev–Trinajstić information content (AvgIpc) is 3.33. The summed E-state index contributed by atoms with van der Waals surface area (Å²) in [5.74, 6) is 2.43. The second-order valence-electron chi connectivity index (χ2n) is 6.25. The molecule has 3 aromatic rings. The number of fused-ring (bicyclic) bond motifs is 2. The number of rotatable bonds is 8. The normalized spacial score (nSPS) is 12.1. The summed E-state index contributed by atoms with van der Waals surface area (Å²) in [6.45, 7) is 7.15. The summed E-state index contributed by atoms with van der Waals surface area (Å²) in [7, 11) is 0. The molecular formula is C21H22N2O6S. The summed E-state index contributed by atoms with van der Waals surface area (Å²) >= 11 is 1.36. The summed E-state index contributed by atoms with van der Waals surface area (Å²) in [6.07, 6.45) is 0. The van der Waals surface area contributed by atoms with Crippen LogP contribution in [-0.4, -0.2) is 37.5 Å². The highest BCUT2D eigenvalue weighted by Gasteiger charge is 2.20. The standard InChI is InChI=1S/C21H22N2O6S/c1-4-25-16-7-12(8-17(26-5-2)19(16)27-6-3)20(24)23-21-22-13-9-14-15(29-11-28-14)10-18(13)30-21/h7-10H,4-6,11H2,1-3H3,(H,22,23,24). The highest BCUT2D eigenvalue weighted by molar-refractivity contribution is 7.22. The van der Waals surface area contributed by atoms with E-state index in [4.69, 9.17) is 23.7 Å². The molecular weight excluding hydrogens is 408 g/mol. The molecule has 1 aromatic heterocycles. The van der Waals surface area contributed by atoms with Gasteiger partial charge in [0.2, 0.25) is 12.5 Å². The van der Waals surface area contributed by atoms with Gasteiger partial charge in [0.15, 0.2) is 28.1 Å². The summed E-state index contributed by atoms with van der Waals surface area (Å²) in [5, 5.41) is 3.32. The number of benzene rings is 2. The van der Waals surface area contributed by atoms with Crippen molar-refractivity contribution in [3.63, 3.8) is 0 Å². The average molecular weight is 430 g/mol. The van der Waals surface area contributed by atoms with E-state index >= 15 is 0 Å². The maximum absolute atomic E-state index is 12.9. The van der Waals surface area contributed by atoms with Crippen molar-refractivity contribution in [1.82, 2.24) is 4.98 Å². The maximum Gasteiger partial charge on any atom is 0.257 e. The van der Waals surface area contributed by atoms with Crippen molar-refractivity contribution in [3.8, 4) is 28.7 Å². The minimum absolute atomic E-state index is 0.207. The molecule has 0 atom stereocenters. The molecule has 0 fully saturated rings. The van der Waals surface area contributed by atoms with Gasteiger partial charge in [0, 0.05) is 17.7 Å². The number of anilines is 1. The third kappa shape index (κ3) is 3.93. The minimum Gasteiger partial charge on any atom is -0.490 e. The topological polar surface area (TPSA) is 88.1 Å². The van der Waals surface area contributed by atoms with Crippen LogP contribution in [0, 0.1) is 0 Å². The van der Waals surface area contributed by atoms with Gasteiger partial charge in [-0.2, -0.15) is 0 Å². The number of nitrogens with zero attached hydrogens (tertiary/aromatic N) is 1. The number of thiazole rings is 1. The van der Waals surface area contributed by atoms with Gasteiger partial charge in [-0.1, -0.05) is 11.3 Å². The van der Waals surface area contributed by atoms with Gasteiger partial charge in [0.25, 0.3) is 5.91 Å². The number of ether oxygens (including phenoxy) is 5. The van der Waals surface area contributed by atoms with Gasteiger partial charge in [0.05, 0.1) is 30.0 Å². The second kappa shape index (κ2) is 8.66. The van der Waals surface area contributed by atoms with Crippen LogP contribution in [0.3, 0.4) is 0 Å². The van der Waals surface area contributed by atoms with E-state index in [1.54, 1.807) is 18.2 Å². The monoisotopic (exact) mass is 430 g/mol. The van der Waals surface area contributed by atoms with Crippen molar-refractivity contribution in [3.05, 3.63) is 29.8 Å². The Morgan fingerprint density at radius 2 is 1.63 bits per heavy atom. The predicted octanol–water partition coefficient (Wildman–Crippen LogP) is 4.47. The van der Waals surface area contributed by atoms with Crippen LogP contribution in [0.4, 0.5) is 5.13 Å². The van der Waals surface area contributed by atoms with E-state index in [2.05, 4.69) is 10.3 Å². The van der Waals surface area contributed by atoms with Crippen LogP contribution >= 0.6 is 11.3 Å². The van der Waals surface area contributed by atoms with Crippen molar-refractivity contribution in [2.45, 2.75) is 20.8 Å². The first-order valence-corrected chi connectivity index (χ1v) is 10.5. The number of hydrogen-bond donors (Lipinski definition) is 1. The summed E-state index contributed by atoms with van der Waals surface area (Å²) in [5.41, 5.74) is 1.12. The van der Waals surface area contributed by atoms with Gasteiger partial charge < -0.3 is 23.7 Å². The number of amides is 1. The Bertz CT molecular complexity index is 1010. The van der Waals surface area contributed by atoms with Gasteiger partial charge in [-0.15, -0.1) is 0 Å². The van der Waals surface area contributed by atoms with E-state index in [9.17, 15) is 4.79 Å². The molecule has 1 aliphatic heterocycles. The molecule has 0 spiro atoms. The zero-order valence-corrected chi connectivity index (χ0v) is 17.8. The van der Waals surface area contributed by atoms with Crippen molar-refractivity contribution in [2.75, 3.05) is 31.9 Å². The Hall–Kier alpha value is -3.20. The van der Waals surface area contributed by atoms with Gasteiger partial charge in [-0.3, -0.25) is 10.1 Å². The van der Waals surface area contributed by atoms with E-state index in [-0.39, 0.29) is 12.7 Å². The van der Waals surface area contributed by atoms with Crippen LogP contribution in [-0.2, 0) is 0 Å². The third-order valence-electron chi connectivity index (χ3n) is 4.27. The number of aromatic nitrogens is 1. The molecule has 8 nitrogen and oxygen atoms in total. The summed E-state index contributed by atoms with van der Waals surface area (Å²) in [6, 6.07) is 6.97. The van der Waals surface area contributed by atoms with E-state index < -0.39 is 0 Å². The lowest BCUT2D eigenvalue weighted by atomic mass is 10.1. The molecule has 0 bridgehead atoms. The highest BCUT2D eigenvalue weighted by Crippen LogP contribution is 2.41. The van der Waals surface area contributed by atoms with Gasteiger partial charge >= 0.3 is 0 Å². The van der Waals surface area contributed by atoms with E-state index in [1.165, 1.54) is 11.3 Å². The molecule has 0 saturated heterocycles. The van der Waals surface area contributed by atoms with E-state index in [0.29, 0.717) is 59.3 Å². The molecule has 0 saturated carbocycles. The zero-order valence-electron chi connectivity index (χ0n) is 16.9. The molecule has 2 aromatic carbocycles. The Kier molecular flexibility index (Phi) is 5.80. The van der Waals surface area contributed by atoms with Crippen LogP contribution < -0.4 is 29.0 Å². The van der Waals surface area contributed by atoms with Crippen molar-refractivity contribution < 1.29 is 28.5 Å². The molecule has 1 N–H and O–H groups in total. The SMILES string of the molecule is CCOc1cc(C(=O)Nc2nc3cc4c(cc3s2)OCO4)cc(OCC)c1OCC. The Balaban J connectivity index is 1.63. The van der Waals surface area contributed by atoms with Gasteiger partial charge in [-0.05, 0) is 32.9 Å². The van der Waals surface area contributed by atoms with Gasteiger partial charge in [-0.25, -0.2) is 4.98 Å². The van der Waals surface area contributed by atoms with Crippen molar-refractivity contribution >= 4 is 32.6 Å². The van der Waals surface area contributed by atoms with E-state index in [0.717, 1.165) is 10.2 Å². The lowest BCUT2D eigenvalue weighted by Gasteiger charge is -2.16. The van der Waals surface area contributed by atoms with Crippen LogP contribution in [0.15, 0.2) is 24.3 Å². The van der Waals surface area contributed by atoms with Crippen molar-refractivity contribution in [1.29, 1.82) is 0 Å². The number of carbonyl (C=O) groups excluding carboxylic acids is 1. The van der Waals surface area contributed by atoms with Crippen LogP contribution in [0.1, 0.15) is 31.1 Å². The largest absolute Gasteiger partial charge is 0.490 e. The van der Waals surface area contributed by atoms with Crippen LogP contribution in [0.2, 0.25) is 0 Å². The Morgan fingerprint density at radius 3 is 2.27 bits per heavy atom. The minimum atomic E-state index is -0.320. The second-order valence-corrected chi connectivity index (χ2v) is 7.28. The van der Waals surface area contributed by atoms with E-state index in [1.807, 2.05) is 26.8 Å². The maximum atomic E-state index is 12.9. The molecule has 1 aliphatic rings. The summed E-state index contributed by atoms with van der Waals surface area (Å²) < 4.78 is 28.7. The number of carbonyl (C=O) groups is 1. The number of nitrogens with one attached hydrogen (secondary N) is 1. The highest BCUT2D eigenvalue weighted by atomic mass is 32.1.